The van der Waals surface area contributed by atoms with Crippen molar-refractivity contribution in [3.05, 3.63) is 54.9 Å². The molecule has 0 saturated heterocycles. The summed E-state index contributed by atoms with van der Waals surface area (Å²) in [7, 11) is 0. The molecule has 0 saturated carbocycles. The van der Waals surface area contributed by atoms with Gasteiger partial charge in [0, 0.05) is 9.75 Å². The van der Waals surface area contributed by atoms with Crippen LogP contribution in [0.3, 0.4) is 0 Å². The molecule has 0 bridgehead atoms. The highest BCUT2D eigenvalue weighted by molar-refractivity contribution is 7.14. The van der Waals surface area contributed by atoms with Gasteiger partial charge in [0.25, 0.3) is 0 Å². The highest BCUT2D eigenvalue weighted by Crippen LogP contribution is 2.23. The maximum Gasteiger partial charge on any atom is 0.196 e. The Morgan fingerprint density at radius 1 is 0.800 bits per heavy atom. The SMILES string of the molecule is Cc1cc(C)c(C(=O)/C=C/C(=O)c2sc(C)cc2C)s1. The molecule has 104 valence electrons. The number of hydrogen-bond acceptors (Lipinski definition) is 4. The van der Waals surface area contributed by atoms with Crippen LogP contribution in [0.5, 0.6) is 0 Å². The Morgan fingerprint density at radius 3 is 1.40 bits per heavy atom. The van der Waals surface area contributed by atoms with E-state index in [1.54, 1.807) is 0 Å². The van der Waals surface area contributed by atoms with Crippen LogP contribution in [0.15, 0.2) is 24.3 Å². The van der Waals surface area contributed by atoms with E-state index in [0.29, 0.717) is 9.75 Å². The quantitative estimate of drug-likeness (QED) is 0.608. The normalized spacial score (nSPS) is 11.2. The number of ketones is 2. The first-order valence-corrected chi connectivity index (χ1v) is 7.92. The second-order valence-electron chi connectivity index (χ2n) is 4.80. The first-order valence-electron chi connectivity index (χ1n) is 6.29. The summed E-state index contributed by atoms with van der Waals surface area (Å²) in [4.78, 5) is 27.8. The summed E-state index contributed by atoms with van der Waals surface area (Å²) in [6.45, 7) is 7.78. The molecular weight excluding hydrogens is 288 g/mol. The summed E-state index contributed by atoms with van der Waals surface area (Å²) < 4.78 is 0. The summed E-state index contributed by atoms with van der Waals surface area (Å²) in [5.74, 6) is -0.195. The molecule has 2 heterocycles. The van der Waals surface area contributed by atoms with E-state index in [4.69, 9.17) is 0 Å². The Morgan fingerprint density at radius 2 is 1.15 bits per heavy atom. The van der Waals surface area contributed by atoms with Crippen LogP contribution in [0.1, 0.15) is 40.2 Å². The van der Waals surface area contributed by atoms with Crippen molar-refractivity contribution >= 4 is 34.2 Å². The van der Waals surface area contributed by atoms with Crippen molar-refractivity contribution in [2.75, 3.05) is 0 Å². The predicted octanol–water partition coefficient (Wildman–Crippen LogP) is 4.67. The van der Waals surface area contributed by atoms with Gasteiger partial charge in [0.15, 0.2) is 11.6 Å². The van der Waals surface area contributed by atoms with E-state index in [9.17, 15) is 9.59 Å². The van der Waals surface area contributed by atoms with Gasteiger partial charge >= 0.3 is 0 Å². The van der Waals surface area contributed by atoms with E-state index in [2.05, 4.69) is 0 Å². The molecule has 0 amide bonds. The molecular formula is C16H16O2S2. The molecule has 0 unspecified atom stereocenters. The lowest BCUT2D eigenvalue weighted by Gasteiger charge is -1.94. The Kier molecular flexibility index (Phi) is 4.35. The van der Waals surface area contributed by atoms with E-state index in [1.165, 1.54) is 34.8 Å². The number of allylic oxidation sites excluding steroid dienone is 2. The molecule has 0 aliphatic rings. The number of thiophene rings is 2. The molecule has 0 N–H and O–H groups in total. The zero-order chi connectivity index (χ0) is 14.9. The van der Waals surface area contributed by atoms with Gasteiger partial charge in [0.2, 0.25) is 0 Å². The van der Waals surface area contributed by atoms with Crippen LogP contribution in [0, 0.1) is 27.7 Å². The summed E-state index contributed by atoms with van der Waals surface area (Å²) in [5.41, 5.74) is 1.94. The lowest BCUT2D eigenvalue weighted by atomic mass is 10.1. The molecule has 0 fully saturated rings. The summed E-state index contributed by atoms with van der Waals surface area (Å²) in [6, 6.07) is 3.97. The van der Waals surface area contributed by atoms with Gasteiger partial charge in [-0.25, -0.2) is 0 Å². The maximum atomic E-state index is 12.1. The van der Waals surface area contributed by atoms with Crippen molar-refractivity contribution in [2.45, 2.75) is 27.7 Å². The monoisotopic (exact) mass is 304 g/mol. The molecule has 2 nitrogen and oxygen atoms in total. The topological polar surface area (TPSA) is 34.1 Å². The minimum atomic E-state index is -0.0973. The second-order valence-corrected chi connectivity index (χ2v) is 7.31. The number of carbonyl (C=O) groups excluding carboxylic acids is 2. The van der Waals surface area contributed by atoms with Gasteiger partial charge in [-0.15, -0.1) is 22.7 Å². The molecule has 0 aliphatic carbocycles. The van der Waals surface area contributed by atoms with Gasteiger partial charge in [0.05, 0.1) is 9.75 Å². The summed E-state index contributed by atoms with van der Waals surface area (Å²) in [6.07, 6.45) is 2.77. The average Bonchev–Trinajstić information content (AvgIpc) is 2.88. The second kappa shape index (κ2) is 5.85. The Labute approximate surface area is 126 Å². The Balaban J connectivity index is 2.17. The summed E-state index contributed by atoms with van der Waals surface area (Å²) in [5, 5.41) is 0. The third-order valence-electron chi connectivity index (χ3n) is 2.92. The van der Waals surface area contributed by atoms with E-state index in [1.807, 2.05) is 39.8 Å². The van der Waals surface area contributed by atoms with Gasteiger partial charge < -0.3 is 0 Å². The fourth-order valence-corrected chi connectivity index (χ4v) is 3.97. The zero-order valence-electron chi connectivity index (χ0n) is 11.9. The van der Waals surface area contributed by atoms with Crippen molar-refractivity contribution in [3.8, 4) is 0 Å². The van der Waals surface area contributed by atoms with Crippen molar-refractivity contribution in [3.63, 3.8) is 0 Å². The van der Waals surface area contributed by atoms with Gasteiger partial charge in [-0.05, 0) is 63.1 Å². The molecule has 2 aromatic heterocycles. The number of carbonyl (C=O) groups is 2. The highest BCUT2D eigenvalue weighted by Gasteiger charge is 2.12. The standard InChI is InChI=1S/C16H16O2S2/c1-9-7-11(3)19-15(9)13(17)5-6-14(18)16-10(2)8-12(4)20-16/h5-8H,1-4H3/b6-5+. The first-order chi connectivity index (χ1) is 9.38. The van der Waals surface area contributed by atoms with Crippen molar-refractivity contribution in [2.24, 2.45) is 0 Å². The lowest BCUT2D eigenvalue weighted by molar-refractivity contribution is 0.102. The zero-order valence-corrected chi connectivity index (χ0v) is 13.6. The van der Waals surface area contributed by atoms with Gasteiger partial charge in [-0.3, -0.25) is 9.59 Å². The van der Waals surface area contributed by atoms with Crippen LogP contribution >= 0.6 is 22.7 Å². The fraction of sp³-hybridized carbons (Fsp3) is 0.250. The van der Waals surface area contributed by atoms with Gasteiger partial charge in [0.1, 0.15) is 0 Å². The van der Waals surface area contributed by atoms with Crippen molar-refractivity contribution in [1.82, 2.24) is 0 Å². The van der Waals surface area contributed by atoms with E-state index >= 15 is 0 Å². The molecule has 2 aromatic rings. The molecule has 4 heteroatoms. The van der Waals surface area contributed by atoms with Crippen molar-refractivity contribution < 1.29 is 9.59 Å². The molecule has 20 heavy (non-hydrogen) atoms. The average molecular weight is 304 g/mol. The number of aryl methyl sites for hydroxylation is 4. The van der Waals surface area contributed by atoms with Crippen LogP contribution in [-0.4, -0.2) is 11.6 Å². The van der Waals surface area contributed by atoms with Gasteiger partial charge in [-0.1, -0.05) is 0 Å². The predicted molar refractivity (Wildman–Crippen MR) is 85.4 cm³/mol. The minimum absolute atomic E-state index is 0.0973. The largest absolute Gasteiger partial charge is 0.288 e. The first kappa shape index (κ1) is 14.9. The van der Waals surface area contributed by atoms with Crippen LogP contribution in [-0.2, 0) is 0 Å². The number of hydrogen-bond donors (Lipinski definition) is 0. The van der Waals surface area contributed by atoms with Crippen LogP contribution in [0.25, 0.3) is 0 Å². The van der Waals surface area contributed by atoms with Crippen molar-refractivity contribution in [1.29, 1.82) is 0 Å². The number of rotatable bonds is 4. The molecule has 2 rings (SSSR count). The summed E-state index contributed by atoms with van der Waals surface area (Å²) >= 11 is 2.94. The Hall–Kier alpha value is -1.52. The van der Waals surface area contributed by atoms with Crippen LogP contribution < -0.4 is 0 Å². The van der Waals surface area contributed by atoms with E-state index in [-0.39, 0.29) is 11.6 Å². The lowest BCUT2D eigenvalue weighted by Crippen LogP contribution is -1.97. The minimum Gasteiger partial charge on any atom is -0.288 e. The molecule has 0 radical (unpaired) electrons. The third-order valence-corrected chi connectivity index (χ3v) is 5.25. The van der Waals surface area contributed by atoms with E-state index < -0.39 is 0 Å². The molecule has 0 atom stereocenters. The third kappa shape index (κ3) is 3.14. The van der Waals surface area contributed by atoms with Gasteiger partial charge in [-0.2, -0.15) is 0 Å². The smallest absolute Gasteiger partial charge is 0.196 e. The fourth-order valence-electron chi connectivity index (χ4n) is 2.07. The Bertz CT molecular complexity index is 642. The molecule has 0 aromatic carbocycles. The van der Waals surface area contributed by atoms with E-state index in [0.717, 1.165) is 20.9 Å². The van der Waals surface area contributed by atoms with Crippen LogP contribution in [0.2, 0.25) is 0 Å². The molecule has 0 spiro atoms. The molecule has 0 aliphatic heterocycles. The van der Waals surface area contributed by atoms with Crippen LogP contribution in [0.4, 0.5) is 0 Å². The highest BCUT2D eigenvalue weighted by atomic mass is 32.1. The maximum absolute atomic E-state index is 12.1.